The predicted octanol–water partition coefficient (Wildman–Crippen LogP) is 3.20. The fourth-order valence-electron chi connectivity index (χ4n) is 3.38. The standard InChI is InChI=1S/C19H25N5OS/c1-3-24-17-7-5-4-6-16(17)22-18(24)14(2)20-12-15-13-21-19(26-15)23-8-10-25-11-9-23/h4-7,13-14,20H,3,8-12H2,1-2H3. The Morgan fingerprint density at radius 3 is 2.88 bits per heavy atom. The van der Waals surface area contributed by atoms with Crippen molar-refractivity contribution < 1.29 is 4.74 Å². The third-order valence-electron chi connectivity index (χ3n) is 4.79. The van der Waals surface area contributed by atoms with E-state index < -0.39 is 0 Å². The van der Waals surface area contributed by atoms with Crippen LogP contribution in [0.1, 0.15) is 30.6 Å². The average molecular weight is 372 g/mol. The Bertz CT molecular complexity index is 868. The Balaban J connectivity index is 1.44. The number of nitrogens with zero attached hydrogens (tertiary/aromatic N) is 4. The van der Waals surface area contributed by atoms with E-state index in [2.05, 4.69) is 51.8 Å². The summed E-state index contributed by atoms with van der Waals surface area (Å²) in [5, 5.41) is 4.71. The van der Waals surface area contributed by atoms with Crippen molar-refractivity contribution >= 4 is 27.5 Å². The summed E-state index contributed by atoms with van der Waals surface area (Å²) in [7, 11) is 0. The van der Waals surface area contributed by atoms with E-state index in [1.54, 1.807) is 11.3 Å². The summed E-state index contributed by atoms with van der Waals surface area (Å²) in [5.74, 6) is 1.09. The van der Waals surface area contributed by atoms with Crippen molar-refractivity contribution in [1.82, 2.24) is 19.9 Å². The zero-order chi connectivity index (χ0) is 17.9. The summed E-state index contributed by atoms with van der Waals surface area (Å²) in [4.78, 5) is 13.0. The molecule has 1 N–H and O–H groups in total. The molecule has 6 nitrogen and oxygen atoms in total. The van der Waals surface area contributed by atoms with Gasteiger partial charge in [-0.3, -0.25) is 0 Å². The Kier molecular flexibility index (Phi) is 5.19. The highest BCUT2D eigenvalue weighted by Crippen LogP contribution is 2.25. The highest BCUT2D eigenvalue weighted by Gasteiger charge is 2.17. The van der Waals surface area contributed by atoms with Crippen molar-refractivity contribution in [1.29, 1.82) is 0 Å². The lowest BCUT2D eigenvalue weighted by Gasteiger charge is -2.26. The molecule has 138 valence electrons. The zero-order valence-corrected chi connectivity index (χ0v) is 16.1. The Labute approximate surface area is 157 Å². The minimum Gasteiger partial charge on any atom is -0.378 e. The molecule has 4 rings (SSSR count). The number of anilines is 1. The van der Waals surface area contributed by atoms with Gasteiger partial charge in [0, 0.05) is 37.3 Å². The van der Waals surface area contributed by atoms with Crippen LogP contribution in [0.15, 0.2) is 30.5 Å². The number of para-hydroxylation sites is 2. The molecule has 3 heterocycles. The van der Waals surface area contributed by atoms with E-state index in [1.165, 1.54) is 10.4 Å². The Hall–Kier alpha value is -1.96. The minimum atomic E-state index is 0.177. The van der Waals surface area contributed by atoms with E-state index in [-0.39, 0.29) is 6.04 Å². The molecule has 7 heteroatoms. The highest BCUT2D eigenvalue weighted by atomic mass is 32.1. The van der Waals surface area contributed by atoms with Gasteiger partial charge in [0.1, 0.15) is 5.82 Å². The van der Waals surface area contributed by atoms with Crippen LogP contribution in [0.2, 0.25) is 0 Å². The molecule has 2 aromatic heterocycles. The van der Waals surface area contributed by atoms with Gasteiger partial charge in [0.05, 0.1) is 30.3 Å². The van der Waals surface area contributed by atoms with E-state index >= 15 is 0 Å². The van der Waals surface area contributed by atoms with Crippen molar-refractivity contribution in [2.45, 2.75) is 33.0 Å². The van der Waals surface area contributed by atoms with Crippen LogP contribution in [0.25, 0.3) is 11.0 Å². The summed E-state index contributed by atoms with van der Waals surface area (Å²) in [5.41, 5.74) is 2.26. The lowest BCUT2D eigenvalue weighted by molar-refractivity contribution is 0.122. The van der Waals surface area contributed by atoms with Gasteiger partial charge in [-0.1, -0.05) is 12.1 Å². The van der Waals surface area contributed by atoms with Gasteiger partial charge in [0.25, 0.3) is 0 Å². The van der Waals surface area contributed by atoms with Crippen LogP contribution in [0.3, 0.4) is 0 Å². The van der Waals surface area contributed by atoms with Gasteiger partial charge in [-0.05, 0) is 26.0 Å². The second-order valence-corrected chi connectivity index (χ2v) is 7.61. The first kappa shape index (κ1) is 17.5. The number of benzene rings is 1. The molecule has 1 fully saturated rings. The quantitative estimate of drug-likeness (QED) is 0.721. The molecule has 1 aromatic carbocycles. The van der Waals surface area contributed by atoms with Crippen molar-refractivity contribution in [3.63, 3.8) is 0 Å². The molecule has 0 radical (unpaired) electrons. The number of hydrogen-bond donors (Lipinski definition) is 1. The molecule has 1 atom stereocenters. The van der Waals surface area contributed by atoms with Gasteiger partial charge >= 0.3 is 0 Å². The van der Waals surface area contributed by atoms with Crippen molar-refractivity contribution in [3.05, 3.63) is 41.2 Å². The molecular formula is C19H25N5OS. The van der Waals surface area contributed by atoms with E-state index in [4.69, 9.17) is 9.72 Å². The smallest absolute Gasteiger partial charge is 0.185 e. The number of morpholine rings is 1. The molecule has 0 aliphatic carbocycles. The van der Waals surface area contributed by atoms with E-state index in [1.807, 2.05) is 12.3 Å². The maximum Gasteiger partial charge on any atom is 0.185 e. The lowest BCUT2D eigenvalue weighted by atomic mass is 10.3. The van der Waals surface area contributed by atoms with E-state index in [9.17, 15) is 0 Å². The van der Waals surface area contributed by atoms with Gasteiger partial charge in [0.15, 0.2) is 5.13 Å². The molecular weight excluding hydrogens is 346 g/mol. The largest absolute Gasteiger partial charge is 0.378 e. The maximum atomic E-state index is 5.42. The first-order chi connectivity index (χ1) is 12.8. The maximum absolute atomic E-state index is 5.42. The third kappa shape index (κ3) is 3.47. The summed E-state index contributed by atoms with van der Waals surface area (Å²) in [6, 6.07) is 8.51. The van der Waals surface area contributed by atoms with Gasteiger partial charge in [0.2, 0.25) is 0 Å². The fourth-order valence-corrected chi connectivity index (χ4v) is 4.29. The number of thiazole rings is 1. The van der Waals surface area contributed by atoms with Crippen LogP contribution in [0.4, 0.5) is 5.13 Å². The molecule has 0 amide bonds. The van der Waals surface area contributed by atoms with Crippen LogP contribution in [-0.2, 0) is 17.8 Å². The summed E-state index contributed by atoms with van der Waals surface area (Å²) in [6.45, 7) is 9.50. The van der Waals surface area contributed by atoms with Crippen LogP contribution in [0, 0.1) is 0 Å². The molecule has 1 aliphatic rings. The topological polar surface area (TPSA) is 55.2 Å². The highest BCUT2D eigenvalue weighted by molar-refractivity contribution is 7.15. The minimum absolute atomic E-state index is 0.177. The second kappa shape index (κ2) is 7.73. The first-order valence-corrected chi connectivity index (χ1v) is 10.0. The number of ether oxygens (including phenoxy) is 1. The van der Waals surface area contributed by atoms with E-state index in [0.717, 1.165) is 55.9 Å². The Morgan fingerprint density at radius 1 is 1.27 bits per heavy atom. The van der Waals surface area contributed by atoms with Gasteiger partial charge in [-0.15, -0.1) is 11.3 Å². The van der Waals surface area contributed by atoms with Crippen molar-refractivity contribution in [2.24, 2.45) is 0 Å². The molecule has 26 heavy (non-hydrogen) atoms. The Morgan fingerprint density at radius 2 is 2.08 bits per heavy atom. The van der Waals surface area contributed by atoms with Gasteiger partial charge in [-0.2, -0.15) is 0 Å². The zero-order valence-electron chi connectivity index (χ0n) is 15.3. The number of aromatic nitrogens is 3. The molecule has 0 bridgehead atoms. The predicted molar refractivity (Wildman–Crippen MR) is 106 cm³/mol. The number of aryl methyl sites for hydroxylation is 1. The lowest BCUT2D eigenvalue weighted by Crippen LogP contribution is -2.36. The second-order valence-electron chi connectivity index (χ2n) is 6.51. The van der Waals surface area contributed by atoms with Crippen LogP contribution < -0.4 is 10.2 Å². The SMILES string of the molecule is CCn1c(C(C)NCc2cnc(N3CCOCC3)s2)nc2ccccc21. The number of rotatable bonds is 6. The summed E-state index contributed by atoms with van der Waals surface area (Å²) < 4.78 is 7.71. The number of nitrogens with one attached hydrogen (secondary N) is 1. The van der Waals surface area contributed by atoms with Crippen LogP contribution in [0.5, 0.6) is 0 Å². The van der Waals surface area contributed by atoms with Crippen molar-refractivity contribution in [3.8, 4) is 0 Å². The number of hydrogen-bond acceptors (Lipinski definition) is 6. The van der Waals surface area contributed by atoms with Gasteiger partial charge in [-0.25, -0.2) is 9.97 Å². The van der Waals surface area contributed by atoms with Gasteiger partial charge < -0.3 is 19.5 Å². The molecule has 1 aliphatic heterocycles. The molecule has 3 aromatic rings. The summed E-state index contributed by atoms with van der Waals surface area (Å²) in [6.07, 6.45) is 1.98. The number of fused-ring (bicyclic) bond motifs is 1. The molecule has 0 saturated carbocycles. The van der Waals surface area contributed by atoms with Crippen molar-refractivity contribution in [2.75, 3.05) is 31.2 Å². The average Bonchev–Trinajstić information content (AvgIpc) is 3.31. The number of imidazole rings is 1. The molecule has 0 spiro atoms. The fraction of sp³-hybridized carbons (Fsp3) is 0.474. The monoisotopic (exact) mass is 371 g/mol. The first-order valence-electron chi connectivity index (χ1n) is 9.22. The van der Waals surface area contributed by atoms with E-state index in [0.29, 0.717) is 0 Å². The molecule has 1 saturated heterocycles. The van der Waals surface area contributed by atoms with Crippen LogP contribution >= 0.6 is 11.3 Å². The third-order valence-corrected chi connectivity index (χ3v) is 5.85. The molecule has 1 unspecified atom stereocenters. The summed E-state index contributed by atoms with van der Waals surface area (Å²) >= 11 is 1.76. The normalized spacial score (nSPS) is 16.3. The van der Waals surface area contributed by atoms with Crippen LogP contribution in [-0.4, -0.2) is 40.8 Å².